The van der Waals surface area contributed by atoms with Gasteiger partial charge in [0, 0.05) is 11.8 Å². The monoisotopic (exact) mass is 311 g/mol. The Hall–Kier alpha value is -2.69. The Morgan fingerprint density at radius 2 is 2.00 bits per heavy atom. The Morgan fingerprint density at radius 1 is 1.17 bits per heavy atom. The molecule has 2 aromatic rings. The largest absolute Gasteiger partial charge is 0.497 e. The number of nitrogens with zero attached hydrogens (tertiary/aromatic N) is 2. The van der Waals surface area contributed by atoms with E-state index in [9.17, 15) is 0 Å². The van der Waals surface area contributed by atoms with Crippen molar-refractivity contribution in [3.8, 4) is 11.5 Å². The number of hydrogen-bond donors (Lipinski definition) is 0. The van der Waals surface area contributed by atoms with Crippen molar-refractivity contribution < 1.29 is 14.3 Å². The third kappa shape index (κ3) is 2.70. The standard InChI is InChI=1S/C18H19N2O3/c1-18(2)20(13-8-6-5-7-9-13)17(19-23-18)15-11-10-14(21-3)12-16(15)22-4/h5-6,8-12H,1-4H3. The molecule has 1 aliphatic heterocycles. The summed E-state index contributed by atoms with van der Waals surface area (Å²) in [4.78, 5) is 7.67. The van der Waals surface area contributed by atoms with Gasteiger partial charge in [-0.3, -0.25) is 4.90 Å². The van der Waals surface area contributed by atoms with Gasteiger partial charge < -0.3 is 14.3 Å². The van der Waals surface area contributed by atoms with Gasteiger partial charge in [-0.25, -0.2) is 0 Å². The number of methoxy groups -OCH3 is 2. The fourth-order valence-corrected chi connectivity index (χ4v) is 2.60. The quantitative estimate of drug-likeness (QED) is 0.867. The predicted octanol–water partition coefficient (Wildman–Crippen LogP) is 3.44. The molecule has 0 aliphatic carbocycles. The van der Waals surface area contributed by atoms with Crippen LogP contribution in [0.3, 0.4) is 0 Å². The van der Waals surface area contributed by atoms with Crippen molar-refractivity contribution in [2.24, 2.45) is 5.16 Å². The summed E-state index contributed by atoms with van der Waals surface area (Å²) in [6.45, 7) is 3.93. The Labute approximate surface area is 136 Å². The van der Waals surface area contributed by atoms with Gasteiger partial charge in [-0.2, -0.15) is 0 Å². The number of hydrogen-bond acceptors (Lipinski definition) is 5. The van der Waals surface area contributed by atoms with E-state index in [-0.39, 0.29) is 0 Å². The van der Waals surface area contributed by atoms with Crippen LogP contribution in [0, 0.1) is 6.07 Å². The van der Waals surface area contributed by atoms with Crippen molar-refractivity contribution in [3.05, 3.63) is 54.1 Å². The molecule has 119 valence electrons. The highest BCUT2D eigenvalue weighted by Crippen LogP contribution is 2.35. The van der Waals surface area contributed by atoms with E-state index in [2.05, 4.69) is 11.2 Å². The minimum absolute atomic E-state index is 0.602. The molecular weight excluding hydrogens is 292 g/mol. The number of amidine groups is 1. The van der Waals surface area contributed by atoms with Gasteiger partial charge in [0.05, 0.1) is 19.8 Å². The van der Waals surface area contributed by atoms with E-state index in [1.54, 1.807) is 14.2 Å². The Morgan fingerprint density at radius 3 is 2.65 bits per heavy atom. The van der Waals surface area contributed by atoms with Gasteiger partial charge in [-0.05, 0) is 44.2 Å². The summed E-state index contributed by atoms with van der Waals surface area (Å²) in [6, 6.07) is 16.4. The molecule has 0 atom stereocenters. The maximum atomic E-state index is 5.64. The van der Waals surface area contributed by atoms with Crippen LogP contribution in [-0.4, -0.2) is 25.8 Å². The maximum absolute atomic E-state index is 5.64. The van der Waals surface area contributed by atoms with E-state index in [1.165, 1.54) is 0 Å². The SMILES string of the molecule is COc1ccc(C2=NOC(C)(C)N2c2c[c]ccc2)c(OC)c1. The first-order valence-electron chi connectivity index (χ1n) is 7.32. The van der Waals surface area contributed by atoms with Gasteiger partial charge in [-0.1, -0.05) is 17.3 Å². The number of rotatable bonds is 4. The number of anilines is 1. The lowest BCUT2D eigenvalue weighted by Crippen LogP contribution is -2.44. The minimum Gasteiger partial charge on any atom is -0.497 e. The smallest absolute Gasteiger partial charge is 0.209 e. The molecule has 1 radical (unpaired) electrons. The van der Waals surface area contributed by atoms with Crippen molar-refractivity contribution >= 4 is 11.5 Å². The molecule has 0 spiro atoms. The number of benzene rings is 2. The highest BCUT2D eigenvalue weighted by Gasteiger charge is 2.40. The van der Waals surface area contributed by atoms with Crippen LogP contribution in [0.4, 0.5) is 5.69 Å². The molecule has 0 unspecified atom stereocenters. The van der Waals surface area contributed by atoms with Gasteiger partial charge in [0.25, 0.3) is 0 Å². The fraction of sp³-hybridized carbons (Fsp3) is 0.278. The highest BCUT2D eigenvalue weighted by molar-refractivity contribution is 6.12. The topological polar surface area (TPSA) is 43.3 Å². The molecule has 5 nitrogen and oxygen atoms in total. The van der Waals surface area contributed by atoms with Gasteiger partial charge >= 0.3 is 0 Å². The summed E-state index contributed by atoms with van der Waals surface area (Å²) in [5.74, 6) is 2.09. The number of ether oxygens (including phenoxy) is 2. The molecule has 0 bridgehead atoms. The summed E-state index contributed by atoms with van der Waals surface area (Å²) in [5.41, 5.74) is 1.18. The van der Waals surface area contributed by atoms with Gasteiger partial charge in [-0.15, -0.1) is 0 Å². The third-order valence-electron chi connectivity index (χ3n) is 3.70. The molecule has 3 rings (SSSR count). The van der Waals surface area contributed by atoms with Crippen molar-refractivity contribution in [2.75, 3.05) is 19.1 Å². The molecule has 0 N–H and O–H groups in total. The summed E-state index contributed by atoms with van der Waals surface area (Å²) >= 11 is 0. The van der Waals surface area contributed by atoms with Crippen molar-refractivity contribution in [3.63, 3.8) is 0 Å². The second kappa shape index (κ2) is 5.83. The van der Waals surface area contributed by atoms with Gasteiger partial charge in [0.2, 0.25) is 5.72 Å². The minimum atomic E-state index is -0.602. The van der Waals surface area contributed by atoms with Crippen LogP contribution in [0.1, 0.15) is 19.4 Å². The lowest BCUT2D eigenvalue weighted by atomic mass is 10.1. The highest BCUT2D eigenvalue weighted by atomic mass is 16.7. The van der Waals surface area contributed by atoms with Gasteiger partial charge in [0.15, 0.2) is 5.84 Å². The van der Waals surface area contributed by atoms with Crippen LogP contribution in [0.5, 0.6) is 11.5 Å². The van der Waals surface area contributed by atoms with Crippen LogP contribution in [0.15, 0.2) is 47.6 Å². The molecule has 23 heavy (non-hydrogen) atoms. The van der Waals surface area contributed by atoms with E-state index in [4.69, 9.17) is 14.3 Å². The first-order chi connectivity index (χ1) is 11.1. The van der Waals surface area contributed by atoms with Gasteiger partial charge in [0.1, 0.15) is 11.5 Å². The fourth-order valence-electron chi connectivity index (χ4n) is 2.60. The molecule has 1 aliphatic rings. The van der Waals surface area contributed by atoms with Crippen LogP contribution >= 0.6 is 0 Å². The maximum Gasteiger partial charge on any atom is 0.209 e. The lowest BCUT2D eigenvalue weighted by molar-refractivity contribution is 0.0138. The average molecular weight is 311 g/mol. The zero-order chi connectivity index (χ0) is 16.4. The predicted molar refractivity (Wildman–Crippen MR) is 89.0 cm³/mol. The zero-order valence-electron chi connectivity index (χ0n) is 13.7. The van der Waals surface area contributed by atoms with E-state index >= 15 is 0 Å². The van der Waals surface area contributed by atoms with Crippen LogP contribution in [-0.2, 0) is 4.84 Å². The van der Waals surface area contributed by atoms with Crippen LogP contribution in [0.2, 0.25) is 0 Å². The first kappa shape index (κ1) is 15.2. The van der Waals surface area contributed by atoms with E-state index in [0.717, 1.165) is 17.0 Å². The molecule has 5 heteroatoms. The zero-order valence-corrected chi connectivity index (χ0v) is 13.7. The molecule has 0 saturated heterocycles. The molecule has 0 fully saturated rings. The third-order valence-corrected chi connectivity index (χ3v) is 3.70. The van der Waals surface area contributed by atoms with Crippen molar-refractivity contribution in [2.45, 2.75) is 19.6 Å². The Balaban J connectivity index is 2.08. The second-order valence-electron chi connectivity index (χ2n) is 5.62. The van der Waals surface area contributed by atoms with Crippen molar-refractivity contribution in [1.82, 2.24) is 0 Å². The molecule has 0 saturated carbocycles. The van der Waals surface area contributed by atoms with E-state index in [1.807, 2.05) is 61.2 Å². The molecule has 0 amide bonds. The Kier molecular flexibility index (Phi) is 3.86. The molecule has 1 heterocycles. The normalized spacial score (nSPS) is 15.8. The first-order valence-corrected chi connectivity index (χ1v) is 7.32. The Bertz CT molecular complexity index is 726. The molecule has 0 aromatic heterocycles. The summed E-state index contributed by atoms with van der Waals surface area (Å²) in [6.07, 6.45) is 0. The summed E-state index contributed by atoms with van der Waals surface area (Å²) in [5, 5.41) is 4.29. The summed E-state index contributed by atoms with van der Waals surface area (Å²) < 4.78 is 10.8. The van der Waals surface area contributed by atoms with E-state index in [0.29, 0.717) is 11.6 Å². The van der Waals surface area contributed by atoms with E-state index < -0.39 is 5.72 Å². The van der Waals surface area contributed by atoms with Crippen molar-refractivity contribution in [1.29, 1.82) is 0 Å². The number of oxime groups is 1. The average Bonchev–Trinajstić information content (AvgIpc) is 2.90. The molecular formula is C18H19N2O3. The summed E-state index contributed by atoms with van der Waals surface area (Å²) in [7, 11) is 3.25. The second-order valence-corrected chi connectivity index (χ2v) is 5.62. The lowest BCUT2D eigenvalue weighted by Gasteiger charge is -2.31. The van der Waals surface area contributed by atoms with Crippen LogP contribution < -0.4 is 14.4 Å². The molecule has 2 aromatic carbocycles. The van der Waals surface area contributed by atoms with Crippen LogP contribution in [0.25, 0.3) is 0 Å².